The number of imidazole rings is 1. The molecule has 1 saturated carbocycles. The Hall–Kier alpha value is -3.75. The van der Waals surface area contributed by atoms with E-state index in [0.29, 0.717) is 17.9 Å². The first-order valence-electron chi connectivity index (χ1n) is 13.7. The lowest BCUT2D eigenvalue weighted by molar-refractivity contribution is 0.0828. The minimum absolute atomic E-state index is 0.420. The molecule has 7 rings (SSSR count). The second-order valence-electron chi connectivity index (χ2n) is 10.9. The summed E-state index contributed by atoms with van der Waals surface area (Å²) in [5, 5.41) is 0.937. The maximum absolute atomic E-state index is 6.46. The average Bonchev–Trinajstić information content (AvgIpc) is 3.57. The van der Waals surface area contributed by atoms with Crippen LogP contribution in [-0.2, 0) is 0 Å². The van der Waals surface area contributed by atoms with Crippen LogP contribution in [0.5, 0.6) is 0 Å². The Morgan fingerprint density at radius 1 is 0.868 bits per heavy atom. The summed E-state index contributed by atoms with van der Waals surface area (Å²) in [7, 11) is 2.22. The number of nitrogens with zero attached hydrogens (tertiary/aromatic N) is 6. The van der Waals surface area contributed by atoms with Gasteiger partial charge in [-0.1, -0.05) is 36.4 Å². The SMILES string of the molecule is CN1CCN([C@H]2CC[C@@H](n3cc(-c4ccc5[nH]c(-c6ccccc6)nc5c4)c4c(N)ncnc43)CC2)CC1. The number of nitrogens with one attached hydrogen (secondary N) is 1. The molecule has 194 valence electrons. The highest BCUT2D eigenvalue weighted by molar-refractivity contribution is 6.02. The van der Waals surface area contributed by atoms with Crippen LogP contribution in [-0.4, -0.2) is 73.6 Å². The molecule has 8 nitrogen and oxygen atoms in total. The van der Waals surface area contributed by atoms with Crippen molar-refractivity contribution in [1.82, 2.24) is 34.3 Å². The molecule has 2 aliphatic rings. The number of H-pyrrole nitrogens is 1. The second-order valence-corrected chi connectivity index (χ2v) is 10.9. The summed E-state index contributed by atoms with van der Waals surface area (Å²) in [4.78, 5) is 22.6. The average molecular weight is 507 g/mol. The quantitative estimate of drug-likeness (QED) is 0.358. The van der Waals surface area contributed by atoms with Crippen molar-refractivity contribution in [2.24, 2.45) is 0 Å². The number of nitrogen functional groups attached to an aromatic ring is 1. The lowest BCUT2D eigenvalue weighted by Gasteiger charge is -2.41. The summed E-state index contributed by atoms with van der Waals surface area (Å²) in [6.45, 7) is 4.73. The van der Waals surface area contributed by atoms with Gasteiger partial charge in [0.15, 0.2) is 0 Å². The zero-order valence-corrected chi connectivity index (χ0v) is 21.8. The van der Waals surface area contributed by atoms with Crippen molar-refractivity contribution in [1.29, 1.82) is 0 Å². The van der Waals surface area contributed by atoms with Crippen LogP contribution in [0.15, 0.2) is 61.1 Å². The van der Waals surface area contributed by atoms with Crippen molar-refractivity contribution in [3.63, 3.8) is 0 Å². The van der Waals surface area contributed by atoms with E-state index in [2.05, 4.69) is 67.9 Å². The number of rotatable bonds is 4. The fourth-order valence-corrected chi connectivity index (χ4v) is 6.40. The molecule has 3 N–H and O–H groups in total. The van der Waals surface area contributed by atoms with Crippen LogP contribution in [0.3, 0.4) is 0 Å². The number of hydrogen-bond acceptors (Lipinski definition) is 6. The van der Waals surface area contributed by atoms with E-state index in [0.717, 1.165) is 57.4 Å². The fraction of sp³-hybridized carbons (Fsp3) is 0.367. The lowest BCUT2D eigenvalue weighted by atomic mass is 9.89. The summed E-state index contributed by atoms with van der Waals surface area (Å²) in [6, 6.07) is 17.7. The topological polar surface area (TPSA) is 91.9 Å². The molecule has 5 aromatic rings. The van der Waals surface area contributed by atoms with Gasteiger partial charge >= 0.3 is 0 Å². The molecule has 1 aliphatic heterocycles. The molecule has 3 aromatic heterocycles. The normalized spacial score (nSPS) is 21.4. The molecule has 0 bridgehead atoms. The molecule has 1 aliphatic carbocycles. The number of nitrogens with two attached hydrogens (primary N) is 1. The molecular formula is C30H34N8. The Morgan fingerprint density at radius 2 is 1.63 bits per heavy atom. The number of piperazine rings is 1. The number of aromatic amines is 1. The van der Waals surface area contributed by atoms with Crippen LogP contribution >= 0.6 is 0 Å². The monoisotopic (exact) mass is 506 g/mol. The number of anilines is 1. The van der Waals surface area contributed by atoms with E-state index in [1.54, 1.807) is 6.33 Å². The van der Waals surface area contributed by atoms with Gasteiger partial charge in [0.05, 0.1) is 16.4 Å². The molecule has 0 unspecified atom stereocenters. The maximum Gasteiger partial charge on any atom is 0.146 e. The molecule has 0 atom stereocenters. The first kappa shape index (κ1) is 23.4. The number of likely N-dealkylation sites (N-methyl/N-ethyl adjacent to an activating group) is 1. The minimum Gasteiger partial charge on any atom is -0.383 e. The van der Waals surface area contributed by atoms with E-state index in [1.807, 2.05) is 18.2 Å². The first-order valence-corrected chi connectivity index (χ1v) is 13.7. The van der Waals surface area contributed by atoms with Crippen molar-refractivity contribution in [3.8, 4) is 22.5 Å². The van der Waals surface area contributed by atoms with E-state index in [9.17, 15) is 0 Å². The van der Waals surface area contributed by atoms with Crippen LogP contribution in [0.1, 0.15) is 31.7 Å². The van der Waals surface area contributed by atoms with E-state index in [4.69, 9.17) is 15.7 Å². The smallest absolute Gasteiger partial charge is 0.146 e. The highest BCUT2D eigenvalue weighted by Gasteiger charge is 2.30. The number of aromatic nitrogens is 5. The molecule has 2 fully saturated rings. The Kier molecular flexibility index (Phi) is 5.86. The third-order valence-electron chi connectivity index (χ3n) is 8.59. The summed E-state index contributed by atoms with van der Waals surface area (Å²) in [5.41, 5.74) is 12.6. The van der Waals surface area contributed by atoms with Gasteiger partial charge in [-0.15, -0.1) is 0 Å². The summed E-state index contributed by atoms with van der Waals surface area (Å²) >= 11 is 0. The van der Waals surface area contributed by atoms with E-state index >= 15 is 0 Å². The predicted molar refractivity (Wildman–Crippen MR) is 153 cm³/mol. The van der Waals surface area contributed by atoms with Gasteiger partial charge in [0.25, 0.3) is 0 Å². The molecule has 38 heavy (non-hydrogen) atoms. The Balaban J connectivity index is 1.20. The van der Waals surface area contributed by atoms with E-state index < -0.39 is 0 Å². The fourth-order valence-electron chi connectivity index (χ4n) is 6.40. The molecule has 0 amide bonds. The molecule has 0 spiro atoms. The third kappa shape index (κ3) is 4.14. The van der Waals surface area contributed by atoms with Crippen LogP contribution in [0.25, 0.3) is 44.6 Å². The van der Waals surface area contributed by atoms with Gasteiger partial charge < -0.3 is 20.2 Å². The van der Waals surface area contributed by atoms with Crippen molar-refractivity contribution in [3.05, 3.63) is 61.1 Å². The number of benzene rings is 2. The Labute approximate surface area is 222 Å². The van der Waals surface area contributed by atoms with Crippen LogP contribution < -0.4 is 5.73 Å². The van der Waals surface area contributed by atoms with E-state index in [-0.39, 0.29) is 0 Å². The minimum atomic E-state index is 0.420. The van der Waals surface area contributed by atoms with Crippen molar-refractivity contribution >= 4 is 27.9 Å². The zero-order chi connectivity index (χ0) is 25.6. The summed E-state index contributed by atoms with van der Waals surface area (Å²) in [5.74, 6) is 1.40. The van der Waals surface area contributed by atoms with Gasteiger partial charge in [-0.3, -0.25) is 4.90 Å². The lowest BCUT2D eigenvalue weighted by Crippen LogP contribution is -2.49. The van der Waals surface area contributed by atoms with Crippen LogP contribution in [0, 0.1) is 0 Å². The van der Waals surface area contributed by atoms with Gasteiger partial charge in [0, 0.05) is 55.6 Å². The molecule has 0 radical (unpaired) electrons. The molecular weight excluding hydrogens is 472 g/mol. The van der Waals surface area contributed by atoms with Gasteiger partial charge in [-0.25, -0.2) is 15.0 Å². The largest absolute Gasteiger partial charge is 0.383 e. The van der Waals surface area contributed by atoms with Crippen LogP contribution in [0.4, 0.5) is 5.82 Å². The highest BCUT2D eigenvalue weighted by atomic mass is 15.3. The van der Waals surface area contributed by atoms with Crippen LogP contribution in [0.2, 0.25) is 0 Å². The summed E-state index contributed by atoms with van der Waals surface area (Å²) in [6.07, 6.45) is 8.61. The van der Waals surface area contributed by atoms with Crippen molar-refractivity contribution in [2.45, 2.75) is 37.8 Å². The predicted octanol–water partition coefficient (Wildman–Crippen LogP) is 4.95. The number of hydrogen-bond donors (Lipinski definition) is 2. The Morgan fingerprint density at radius 3 is 2.42 bits per heavy atom. The molecule has 1 saturated heterocycles. The molecule has 4 heterocycles. The zero-order valence-electron chi connectivity index (χ0n) is 21.8. The summed E-state index contributed by atoms with van der Waals surface area (Å²) < 4.78 is 2.37. The molecule has 8 heteroatoms. The number of fused-ring (bicyclic) bond motifs is 2. The second kappa shape index (κ2) is 9.53. The standard InChI is InChI=1S/C30H34N8/c1-36-13-15-37(16-14-36)22-8-10-23(11-9-22)38-18-24(27-28(31)32-19-33-30(27)38)21-7-12-25-26(17-21)35-29(34-25)20-5-3-2-4-6-20/h2-7,12,17-19,22-23H,8-11,13-16H2,1H3,(H,34,35)(H2,31,32,33)/t22-,23+. The van der Waals surface area contributed by atoms with Crippen molar-refractivity contribution in [2.75, 3.05) is 39.0 Å². The first-order chi connectivity index (χ1) is 18.6. The molecule has 2 aromatic carbocycles. The van der Waals surface area contributed by atoms with Crippen molar-refractivity contribution < 1.29 is 0 Å². The highest BCUT2D eigenvalue weighted by Crippen LogP contribution is 2.39. The van der Waals surface area contributed by atoms with Gasteiger partial charge in [0.2, 0.25) is 0 Å². The maximum atomic E-state index is 6.46. The van der Waals surface area contributed by atoms with E-state index in [1.165, 1.54) is 39.0 Å². The van der Waals surface area contributed by atoms with Gasteiger partial charge in [0.1, 0.15) is 23.6 Å². The third-order valence-corrected chi connectivity index (χ3v) is 8.59. The van der Waals surface area contributed by atoms with Gasteiger partial charge in [-0.2, -0.15) is 0 Å². The van der Waals surface area contributed by atoms with Gasteiger partial charge in [-0.05, 0) is 50.4 Å². The Bertz CT molecular complexity index is 1570.